The van der Waals surface area contributed by atoms with Gasteiger partial charge in [0.1, 0.15) is 0 Å². The van der Waals surface area contributed by atoms with Crippen LogP contribution in [0.25, 0.3) is 0 Å². The molecule has 0 aromatic heterocycles. The Balaban J connectivity index is -0.000000125. The van der Waals surface area contributed by atoms with E-state index in [0.717, 1.165) is 0 Å². The van der Waals surface area contributed by atoms with E-state index in [1.807, 2.05) is 0 Å². The van der Waals surface area contributed by atoms with Gasteiger partial charge in [-0.1, -0.05) is 7.43 Å². The minimum Gasteiger partial charge on any atom is -0.241 e. The molecule has 0 aliphatic heterocycles. The molecule has 0 N–H and O–H groups in total. The van der Waals surface area contributed by atoms with Crippen molar-refractivity contribution in [3.05, 3.63) is 0 Å². The molecule has 5 heteroatoms. The van der Waals surface area contributed by atoms with Crippen molar-refractivity contribution in [1.29, 1.82) is 0 Å². The Morgan fingerprint density at radius 2 is 1.25 bits per heavy atom. The first-order valence-electron chi connectivity index (χ1n) is 1.19. The van der Waals surface area contributed by atoms with Gasteiger partial charge in [-0.25, -0.2) is 4.39 Å². The summed E-state index contributed by atoms with van der Waals surface area (Å²) in [5.74, 6) is 0. The third-order valence-corrected chi connectivity index (χ3v) is 0.152. The maximum absolute atomic E-state index is 10.4. The molecule has 0 aromatic rings. The number of rotatable bonds is 0. The predicted molar refractivity (Wildman–Crippen MR) is 26.0 cm³/mol. The molecule has 54 valence electrons. The van der Waals surface area contributed by atoms with E-state index in [0.29, 0.717) is 0 Å². The average molecular weight is 155 g/mol. The van der Waals surface area contributed by atoms with Crippen molar-refractivity contribution in [2.75, 3.05) is 6.67 Å². The summed E-state index contributed by atoms with van der Waals surface area (Å²) in [6.45, 7) is -2.23. The standard InChI is InChI=1S/C2H2F4.CH4.ClH/c3-1-2(4,5)6;;/h1H2;1H4;1H. The first kappa shape index (κ1) is 15.7. The van der Waals surface area contributed by atoms with E-state index in [2.05, 4.69) is 0 Å². The van der Waals surface area contributed by atoms with Gasteiger partial charge >= 0.3 is 6.18 Å². The summed E-state index contributed by atoms with van der Waals surface area (Å²) in [4.78, 5) is 0. The minimum atomic E-state index is -4.62. The van der Waals surface area contributed by atoms with Crippen LogP contribution in [0.2, 0.25) is 0 Å². The highest BCUT2D eigenvalue weighted by Gasteiger charge is 2.26. The molecule has 0 atom stereocenters. The van der Waals surface area contributed by atoms with Gasteiger partial charge in [-0.15, -0.1) is 12.4 Å². The Kier molecular flexibility index (Phi) is 10.1. The molecule has 0 aliphatic carbocycles. The van der Waals surface area contributed by atoms with Crippen molar-refractivity contribution < 1.29 is 17.6 Å². The van der Waals surface area contributed by atoms with Crippen molar-refractivity contribution in [2.24, 2.45) is 0 Å². The topological polar surface area (TPSA) is 0 Å². The van der Waals surface area contributed by atoms with Crippen LogP contribution < -0.4 is 0 Å². The van der Waals surface area contributed by atoms with Crippen molar-refractivity contribution >= 4 is 12.4 Å². The van der Waals surface area contributed by atoms with Crippen LogP contribution in [0.1, 0.15) is 7.43 Å². The fourth-order valence-electron chi connectivity index (χ4n) is 0. The van der Waals surface area contributed by atoms with E-state index < -0.39 is 12.9 Å². The van der Waals surface area contributed by atoms with Gasteiger partial charge < -0.3 is 0 Å². The summed E-state index contributed by atoms with van der Waals surface area (Å²) in [6.07, 6.45) is -4.62. The summed E-state index contributed by atoms with van der Waals surface area (Å²) in [5.41, 5.74) is 0. The lowest BCUT2D eigenvalue weighted by Gasteiger charge is -1.93. The van der Waals surface area contributed by atoms with Crippen LogP contribution in [-0.2, 0) is 0 Å². The lowest BCUT2D eigenvalue weighted by molar-refractivity contribution is -0.142. The second-order valence-electron chi connectivity index (χ2n) is 0.749. The van der Waals surface area contributed by atoms with Gasteiger partial charge in [0.2, 0.25) is 0 Å². The number of hydrogen-bond donors (Lipinski definition) is 0. The van der Waals surface area contributed by atoms with E-state index in [9.17, 15) is 17.6 Å². The molecule has 0 amide bonds. The quantitative estimate of drug-likeness (QED) is 0.471. The smallest absolute Gasteiger partial charge is 0.241 e. The second kappa shape index (κ2) is 5.15. The minimum absolute atomic E-state index is 0. The highest BCUT2D eigenvalue weighted by molar-refractivity contribution is 5.85. The average Bonchev–Trinajstić information content (AvgIpc) is 1.35. The third kappa shape index (κ3) is 16.7. The fraction of sp³-hybridized carbons (Fsp3) is 1.00. The van der Waals surface area contributed by atoms with Crippen molar-refractivity contribution in [3.8, 4) is 0 Å². The molecule has 0 nitrogen and oxygen atoms in total. The summed E-state index contributed by atoms with van der Waals surface area (Å²) >= 11 is 0. The second-order valence-corrected chi connectivity index (χ2v) is 0.749. The maximum atomic E-state index is 10.4. The Hall–Kier alpha value is 0.01000. The SMILES string of the molecule is C.Cl.FCC(F)(F)F. The first-order valence-corrected chi connectivity index (χ1v) is 1.19. The lowest BCUT2D eigenvalue weighted by Crippen LogP contribution is -2.08. The van der Waals surface area contributed by atoms with Crippen LogP contribution in [0.5, 0.6) is 0 Å². The predicted octanol–water partition coefficient (Wildman–Crippen LogP) is 2.58. The van der Waals surface area contributed by atoms with Crippen molar-refractivity contribution in [1.82, 2.24) is 0 Å². The number of alkyl halides is 4. The maximum Gasteiger partial charge on any atom is 0.416 e. The Morgan fingerprint density at radius 1 is 1.12 bits per heavy atom. The largest absolute Gasteiger partial charge is 0.416 e. The van der Waals surface area contributed by atoms with Gasteiger partial charge in [-0.3, -0.25) is 0 Å². The molecule has 0 fully saturated rings. The summed E-state index contributed by atoms with van der Waals surface area (Å²) < 4.78 is 41.6. The van der Waals surface area contributed by atoms with Crippen LogP contribution >= 0.6 is 12.4 Å². The molecular formula is C3H7ClF4. The third-order valence-electron chi connectivity index (χ3n) is 0.152. The Labute approximate surface area is 51.3 Å². The van der Waals surface area contributed by atoms with E-state index in [1.165, 1.54) is 0 Å². The molecule has 0 rings (SSSR count). The van der Waals surface area contributed by atoms with Crippen LogP contribution in [0, 0.1) is 0 Å². The number of hydrogen-bond acceptors (Lipinski definition) is 0. The van der Waals surface area contributed by atoms with Gasteiger partial charge in [0.05, 0.1) is 0 Å². The zero-order valence-electron chi connectivity index (χ0n) is 3.13. The van der Waals surface area contributed by atoms with Crippen molar-refractivity contribution in [3.63, 3.8) is 0 Å². The molecule has 0 saturated heterocycles. The first-order chi connectivity index (χ1) is 2.56. The Bertz CT molecular complexity index is 41.0. The summed E-state index contributed by atoms with van der Waals surface area (Å²) in [5, 5.41) is 0. The molecule has 0 heterocycles. The molecule has 0 spiro atoms. The molecule has 8 heavy (non-hydrogen) atoms. The highest BCUT2D eigenvalue weighted by Crippen LogP contribution is 2.13. The molecule has 0 unspecified atom stereocenters. The van der Waals surface area contributed by atoms with E-state index >= 15 is 0 Å². The molecule has 0 aromatic carbocycles. The van der Waals surface area contributed by atoms with Gasteiger partial charge in [0, 0.05) is 0 Å². The van der Waals surface area contributed by atoms with E-state index in [-0.39, 0.29) is 19.8 Å². The molecule has 0 aliphatic rings. The zero-order valence-corrected chi connectivity index (χ0v) is 3.94. The zero-order chi connectivity index (χ0) is 5.21. The van der Waals surface area contributed by atoms with E-state index in [4.69, 9.17) is 0 Å². The monoisotopic (exact) mass is 154 g/mol. The lowest BCUT2D eigenvalue weighted by atomic mass is 10.8. The summed E-state index contributed by atoms with van der Waals surface area (Å²) in [7, 11) is 0. The molecule has 0 bridgehead atoms. The van der Waals surface area contributed by atoms with Gasteiger partial charge in [-0.2, -0.15) is 13.2 Å². The number of halogens is 5. The Morgan fingerprint density at radius 3 is 1.25 bits per heavy atom. The normalized spacial score (nSPS) is 9.00. The van der Waals surface area contributed by atoms with Crippen LogP contribution in [0.4, 0.5) is 17.6 Å². The van der Waals surface area contributed by atoms with Gasteiger partial charge in [-0.05, 0) is 0 Å². The van der Waals surface area contributed by atoms with Crippen LogP contribution in [0.15, 0.2) is 0 Å². The molecule has 0 saturated carbocycles. The highest BCUT2D eigenvalue weighted by atomic mass is 35.5. The van der Waals surface area contributed by atoms with E-state index in [1.54, 1.807) is 0 Å². The summed E-state index contributed by atoms with van der Waals surface area (Å²) in [6, 6.07) is 0. The molecular weight excluding hydrogens is 147 g/mol. The van der Waals surface area contributed by atoms with Crippen molar-refractivity contribution in [2.45, 2.75) is 13.6 Å². The van der Waals surface area contributed by atoms with Gasteiger partial charge in [0.15, 0.2) is 6.67 Å². The van der Waals surface area contributed by atoms with Crippen LogP contribution in [-0.4, -0.2) is 12.9 Å². The van der Waals surface area contributed by atoms with Gasteiger partial charge in [0.25, 0.3) is 0 Å². The van der Waals surface area contributed by atoms with Crippen LogP contribution in [0.3, 0.4) is 0 Å². The molecule has 0 radical (unpaired) electrons. The fourth-order valence-corrected chi connectivity index (χ4v) is 0.